The van der Waals surface area contributed by atoms with E-state index in [1.807, 2.05) is 0 Å². The van der Waals surface area contributed by atoms with Gasteiger partial charge < -0.3 is 14.7 Å². The van der Waals surface area contributed by atoms with Crippen LogP contribution in [0.3, 0.4) is 0 Å². The molecule has 1 aliphatic heterocycles. The summed E-state index contributed by atoms with van der Waals surface area (Å²) >= 11 is 0. The third-order valence-corrected chi connectivity index (χ3v) is 3.56. The second-order valence-electron chi connectivity index (χ2n) is 4.81. The van der Waals surface area contributed by atoms with Crippen molar-refractivity contribution in [3.63, 3.8) is 0 Å². The van der Waals surface area contributed by atoms with Gasteiger partial charge in [-0.25, -0.2) is 9.78 Å². The van der Waals surface area contributed by atoms with Crippen LogP contribution in [0.1, 0.15) is 29.8 Å². The van der Waals surface area contributed by atoms with Crippen molar-refractivity contribution in [2.24, 2.45) is 0 Å². The standard InChI is InChI=1S/C13H17N3O5/c1-21-13(18)10-5-6-11(16(19)20)12(14-10)15-7-3-2-4-9(15)8-17/h5-6,9,17H,2-4,7-8H2,1H3. The Bertz CT molecular complexity index is 549. The van der Waals surface area contributed by atoms with Crippen LogP contribution >= 0.6 is 0 Å². The summed E-state index contributed by atoms with van der Waals surface area (Å²) in [6, 6.07) is 2.29. The molecular formula is C13H17N3O5. The predicted octanol–water partition coefficient (Wildman–Crippen LogP) is 1.13. The average Bonchev–Trinajstić information content (AvgIpc) is 2.53. The van der Waals surface area contributed by atoms with Gasteiger partial charge >= 0.3 is 11.7 Å². The van der Waals surface area contributed by atoms with Crippen LogP contribution in [-0.2, 0) is 4.74 Å². The Hall–Kier alpha value is -2.22. The highest BCUT2D eigenvalue weighted by atomic mass is 16.6. The van der Waals surface area contributed by atoms with Crippen molar-refractivity contribution in [3.05, 3.63) is 27.9 Å². The molecule has 1 aromatic heterocycles. The molecular weight excluding hydrogens is 278 g/mol. The van der Waals surface area contributed by atoms with Crippen LogP contribution in [0.25, 0.3) is 0 Å². The second-order valence-corrected chi connectivity index (χ2v) is 4.81. The van der Waals surface area contributed by atoms with Crippen molar-refractivity contribution in [2.75, 3.05) is 25.2 Å². The Kier molecular flexibility index (Phi) is 4.69. The van der Waals surface area contributed by atoms with Crippen molar-refractivity contribution in [2.45, 2.75) is 25.3 Å². The van der Waals surface area contributed by atoms with E-state index in [1.165, 1.54) is 19.2 Å². The largest absolute Gasteiger partial charge is 0.464 e. The first kappa shape index (κ1) is 15.2. The second kappa shape index (κ2) is 6.49. The highest BCUT2D eigenvalue weighted by Crippen LogP contribution is 2.31. The van der Waals surface area contributed by atoms with E-state index in [2.05, 4.69) is 9.72 Å². The smallest absolute Gasteiger partial charge is 0.356 e. The molecule has 21 heavy (non-hydrogen) atoms. The minimum atomic E-state index is -0.649. The molecule has 8 heteroatoms. The van der Waals surface area contributed by atoms with Crippen molar-refractivity contribution < 1.29 is 19.6 Å². The molecule has 2 heterocycles. The number of methoxy groups -OCH3 is 1. The molecule has 0 amide bonds. The van der Waals surface area contributed by atoms with Crippen LogP contribution in [0.2, 0.25) is 0 Å². The molecule has 1 atom stereocenters. The van der Waals surface area contributed by atoms with Crippen molar-refractivity contribution >= 4 is 17.5 Å². The summed E-state index contributed by atoms with van der Waals surface area (Å²) in [6.07, 6.45) is 2.54. The van der Waals surface area contributed by atoms with Gasteiger partial charge in [-0.05, 0) is 25.3 Å². The molecule has 1 N–H and O–H groups in total. The van der Waals surface area contributed by atoms with Gasteiger partial charge in [0.15, 0.2) is 5.69 Å². The number of hydrogen-bond donors (Lipinski definition) is 1. The fourth-order valence-corrected chi connectivity index (χ4v) is 2.48. The predicted molar refractivity (Wildman–Crippen MR) is 74.3 cm³/mol. The number of hydrogen-bond acceptors (Lipinski definition) is 7. The summed E-state index contributed by atoms with van der Waals surface area (Å²) in [5, 5.41) is 20.6. The zero-order valence-electron chi connectivity index (χ0n) is 11.7. The molecule has 1 saturated heterocycles. The molecule has 0 aliphatic carbocycles. The van der Waals surface area contributed by atoms with Gasteiger partial charge in [0.2, 0.25) is 5.82 Å². The molecule has 0 spiro atoms. The number of carbonyl (C=O) groups is 1. The Morgan fingerprint density at radius 3 is 2.95 bits per heavy atom. The van der Waals surface area contributed by atoms with Gasteiger partial charge in [0, 0.05) is 12.6 Å². The number of nitrogens with zero attached hydrogens (tertiary/aromatic N) is 3. The van der Waals surface area contributed by atoms with E-state index in [9.17, 15) is 20.0 Å². The molecule has 1 aliphatic rings. The molecule has 0 saturated carbocycles. The lowest BCUT2D eigenvalue weighted by Crippen LogP contribution is -2.42. The molecule has 1 aromatic rings. The zero-order valence-corrected chi connectivity index (χ0v) is 11.7. The third-order valence-electron chi connectivity index (χ3n) is 3.56. The van der Waals surface area contributed by atoms with Gasteiger partial charge in [-0.1, -0.05) is 0 Å². The maximum atomic E-state index is 11.6. The topological polar surface area (TPSA) is 106 Å². The molecule has 2 rings (SSSR count). The number of aromatic nitrogens is 1. The van der Waals surface area contributed by atoms with E-state index in [0.717, 1.165) is 19.3 Å². The number of pyridine rings is 1. The van der Waals surface area contributed by atoms with Crippen molar-refractivity contribution in [1.82, 2.24) is 4.98 Å². The van der Waals surface area contributed by atoms with Gasteiger partial charge in [-0.2, -0.15) is 0 Å². The normalized spacial score (nSPS) is 18.4. The Morgan fingerprint density at radius 2 is 2.33 bits per heavy atom. The minimum Gasteiger partial charge on any atom is -0.464 e. The van der Waals surface area contributed by atoms with E-state index in [4.69, 9.17) is 0 Å². The Balaban J connectivity index is 2.46. The fourth-order valence-electron chi connectivity index (χ4n) is 2.48. The van der Waals surface area contributed by atoms with Gasteiger partial charge in [0.1, 0.15) is 0 Å². The SMILES string of the molecule is COC(=O)c1ccc([N+](=O)[O-])c(N2CCCCC2CO)n1. The lowest BCUT2D eigenvalue weighted by atomic mass is 10.0. The number of aliphatic hydroxyl groups is 1. The first-order chi connectivity index (χ1) is 10.1. The Labute approximate surface area is 121 Å². The van der Waals surface area contributed by atoms with Crippen LogP contribution in [0.15, 0.2) is 12.1 Å². The van der Waals surface area contributed by atoms with E-state index >= 15 is 0 Å². The van der Waals surface area contributed by atoms with Gasteiger partial charge in [-0.3, -0.25) is 10.1 Å². The number of esters is 1. The van der Waals surface area contributed by atoms with E-state index in [0.29, 0.717) is 6.54 Å². The first-order valence-corrected chi connectivity index (χ1v) is 6.69. The number of aliphatic hydroxyl groups excluding tert-OH is 1. The van der Waals surface area contributed by atoms with Crippen LogP contribution < -0.4 is 4.90 Å². The molecule has 1 unspecified atom stereocenters. The maximum Gasteiger partial charge on any atom is 0.356 e. The van der Waals surface area contributed by atoms with Gasteiger partial charge in [0.25, 0.3) is 0 Å². The lowest BCUT2D eigenvalue weighted by Gasteiger charge is -2.35. The lowest BCUT2D eigenvalue weighted by molar-refractivity contribution is -0.384. The molecule has 1 fully saturated rings. The Morgan fingerprint density at radius 1 is 1.57 bits per heavy atom. The third kappa shape index (κ3) is 3.10. The number of anilines is 1. The molecule has 0 radical (unpaired) electrons. The summed E-state index contributed by atoms with van der Waals surface area (Å²) in [7, 11) is 1.22. The van der Waals surface area contributed by atoms with Crippen LogP contribution in [0.5, 0.6) is 0 Å². The summed E-state index contributed by atoms with van der Waals surface area (Å²) in [4.78, 5) is 28.0. The van der Waals surface area contributed by atoms with E-state index in [1.54, 1.807) is 4.90 Å². The number of piperidine rings is 1. The van der Waals surface area contributed by atoms with Crippen molar-refractivity contribution in [3.8, 4) is 0 Å². The highest BCUT2D eigenvalue weighted by Gasteiger charge is 2.30. The van der Waals surface area contributed by atoms with Crippen LogP contribution in [0, 0.1) is 10.1 Å². The number of carbonyl (C=O) groups excluding carboxylic acids is 1. The van der Waals surface area contributed by atoms with Gasteiger partial charge in [0.05, 0.1) is 24.7 Å². The summed E-state index contributed by atoms with van der Waals surface area (Å²) in [5.41, 5.74) is -0.164. The number of ether oxygens (including phenoxy) is 1. The molecule has 0 bridgehead atoms. The van der Waals surface area contributed by atoms with Crippen LogP contribution in [0.4, 0.5) is 11.5 Å². The molecule has 0 aromatic carbocycles. The summed E-state index contributed by atoms with van der Waals surface area (Å²) < 4.78 is 4.59. The maximum absolute atomic E-state index is 11.6. The first-order valence-electron chi connectivity index (χ1n) is 6.69. The summed E-state index contributed by atoms with van der Waals surface area (Å²) in [5.74, 6) is -0.537. The molecule has 114 valence electrons. The number of nitro groups is 1. The zero-order chi connectivity index (χ0) is 15.4. The fraction of sp³-hybridized carbons (Fsp3) is 0.538. The quantitative estimate of drug-likeness (QED) is 0.504. The minimum absolute atomic E-state index is 0.0142. The molecule has 8 nitrogen and oxygen atoms in total. The number of rotatable bonds is 4. The van der Waals surface area contributed by atoms with Crippen molar-refractivity contribution in [1.29, 1.82) is 0 Å². The van der Waals surface area contributed by atoms with Gasteiger partial charge in [-0.15, -0.1) is 0 Å². The monoisotopic (exact) mass is 295 g/mol. The highest BCUT2D eigenvalue weighted by molar-refractivity contribution is 5.88. The summed E-state index contributed by atoms with van der Waals surface area (Å²) in [6.45, 7) is 0.449. The van der Waals surface area contributed by atoms with E-state index in [-0.39, 0.29) is 29.8 Å². The average molecular weight is 295 g/mol. The van der Waals surface area contributed by atoms with E-state index < -0.39 is 10.9 Å². The van der Waals surface area contributed by atoms with Crippen LogP contribution in [-0.4, -0.2) is 47.3 Å².